The zero-order valence-corrected chi connectivity index (χ0v) is 15.0. The van der Waals surface area contributed by atoms with Crippen molar-refractivity contribution in [3.8, 4) is 5.75 Å². The van der Waals surface area contributed by atoms with Crippen LogP contribution in [0.5, 0.6) is 5.75 Å². The number of rotatable bonds is 7. The van der Waals surface area contributed by atoms with Crippen molar-refractivity contribution in [3.63, 3.8) is 0 Å². The van der Waals surface area contributed by atoms with Crippen molar-refractivity contribution in [2.75, 3.05) is 33.3 Å². The lowest BCUT2D eigenvalue weighted by molar-refractivity contribution is -0.134. The number of benzene rings is 1. The molecule has 0 aliphatic carbocycles. The van der Waals surface area contributed by atoms with Gasteiger partial charge >= 0.3 is 0 Å². The van der Waals surface area contributed by atoms with Crippen molar-refractivity contribution < 1.29 is 9.53 Å². The van der Waals surface area contributed by atoms with Crippen LogP contribution in [0.3, 0.4) is 0 Å². The lowest BCUT2D eigenvalue weighted by atomic mass is 9.93. The fraction of sp³-hybridized carbons (Fsp3) is 0.611. The van der Waals surface area contributed by atoms with Gasteiger partial charge < -0.3 is 15.0 Å². The third-order valence-corrected chi connectivity index (χ3v) is 4.46. The van der Waals surface area contributed by atoms with Crippen LogP contribution in [-0.2, 0) is 11.2 Å². The summed E-state index contributed by atoms with van der Waals surface area (Å²) in [4.78, 5) is 14.1. The first-order valence-electron chi connectivity index (χ1n) is 8.37. The molecule has 1 heterocycles. The van der Waals surface area contributed by atoms with Crippen molar-refractivity contribution in [2.24, 2.45) is 5.92 Å². The molecule has 1 aliphatic rings. The molecule has 23 heavy (non-hydrogen) atoms. The fourth-order valence-corrected chi connectivity index (χ4v) is 2.88. The lowest BCUT2D eigenvalue weighted by Crippen LogP contribution is -2.41. The number of nitrogens with zero attached hydrogens (tertiary/aromatic N) is 1. The predicted octanol–water partition coefficient (Wildman–Crippen LogP) is 2.90. The molecule has 1 N–H and O–H groups in total. The van der Waals surface area contributed by atoms with Gasteiger partial charge in [0.1, 0.15) is 5.75 Å². The number of amides is 1. The average Bonchev–Trinajstić information content (AvgIpc) is 2.58. The molecule has 0 atom stereocenters. The molecule has 0 radical (unpaired) electrons. The Kier molecular flexibility index (Phi) is 9.03. The quantitative estimate of drug-likeness (QED) is 0.829. The van der Waals surface area contributed by atoms with Crippen LogP contribution in [0, 0.1) is 5.92 Å². The van der Waals surface area contributed by atoms with E-state index in [-0.39, 0.29) is 24.9 Å². The monoisotopic (exact) mass is 340 g/mol. The molecule has 0 unspecified atom stereocenters. The van der Waals surface area contributed by atoms with Crippen LogP contribution >= 0.6 is 12.4 Å². The van der Waals surface area contributed by atoms with Gasteiger partial charge in [-0.3, -0.25) is 4.79 Å². The fourth-order valence-electron chi connectivity index (χ4n) is 2.88. The molecule has 0 bridgehead atoms. The van der Waals surface area contributed by atoms with Gasteiger partial charge in [0.05, 0.1) is 0 Å². The van der Waals surface area contributed by atoms with E-state index in [9.17, 15) is 4.79 Å². The zero-order chi connectivity index (χ0) is 15.8. The normalized spacial score (nSPS) is 15.1. The van der Waals surface area contributed by atoms with Crippen molar-refractivity contribution in [1.82, 2.24) is 10.2 Å². The highest BCUT2D eigenvalue weighted by atomic mass is 35.5. The Bertz CT molecular complexity index is 457. The second-order valence-corrected chi connectivity index (χ2v) is 6.00. The van der Waals surface area contributed by atoms with Crippen molar-refractivity contribution in [3.05, 3.63) is 29.8 Å². The summed E-state index contributed by atoms with van der Waals surface area (Å²) in [5.74, 6) is 1.63. The summed E-state index contributed by atoms with van der Waals surface area (Å²) < 4.78 is 5.61. The standard InChI is InChI=1S/C18H28N2O2.ClH/c1-3-15-4-6-17(7-5-15)22-14-18(21)20-12-9-16(10-13-20)8-11-19-2;/h4-7,16,19H,3,8-14H2,1-2H3;1H. The summed E-state index contributed by atoms with van der Waals surface area (Å²) >= 11 is 0. The summed E-state index contributed by atoms with van der Waals surface area (Å²) in [6, 6.07) is 7.98. The SMILES string of the molecule is CCc1ccc(OCC(=O)N2CCC(CCNC)CC2)cc1.Cl. The van der Waals surface area contributed by atoms with Crippen LogP contribution in [0.2, 0.25) is 0 Å². The minimum atomic E-state index is 0. The molecular formula is C18H29ClN2O2. The van der Waals surface area contributed by atoms with E-state index >= 15 is 0 Å². The van der Waals surface area contributed by atoms with Crippen LogP contribution in [-0.4, -0.2) is 44.1 Å². The number of carbonyl (C=O) groups is 1. The Hall–Kier alpha value is -1.26. The van der Waals surface area contributed by atoms with Gasteiger partial charge in [-0.05, 0) is 62.9 Å². The van der Waals surface area contributed by atoms with E-state index in [4.69, 9.17) is 4.74 Å². The molecule has 2 rings (SSSR count). The van der Waals surface area contributed by atoms with Gasteiger partial charge in [0.25, 0.3) is 5.91 Å². The van der Waals surface area contributed by atoms with Crippen LogP contribution < -0.4 is 10.1 Å². The van der Waals surface area contributed by atoms with Gasteiger partial charge in [-0.2, -0.15) is 0 Å². The van der Waals surface area contributed by atoms with E-state index in [1.807, 2.05) is 36.2 Å². The summed E-state index contributed by atoms with van der Waals surface area (Å²) in [6.07, 6.45) is 4.44. The van der Waals surface area contributed by atoms with Gasteiger partial charge in [0.2, 0.25) is 0 Å². The lowest BCUT2D eigenvalue weighted by Gasteiger charge is -2.32. The molecule has 0 saturated carbocycles. The number of hydrogen-bond acceptors (Lipinski definition) is 3. The van der Waals surface area contributed by atoms with E-state index in [1.54, 1.807) is 0 Å². The van der Waals surface area contributed by atoms with Gasteiger partial charge in [0.15, 0.2) is 6.61 Å². The molecule has 1 saturated heterocycles. The number of hydrogen-bond donors (Lipinski definition) is 1. The van der Waals surface area contributed by atoms with E-state index in [0.29, 0.717) is 0 Å². The van der Waals surface area contributed by atoms with Crippen LogP contribution in [0.25, 0.3) is 0 Å². The smallest absolute Gasteiger partial charge is 0.260 e. The molecule has 130 valence electrons. The zero-order valence-electron chi connectivity index (χ0n) is 14.2. The topological polar surface area (TPSA) is 41.6 Å². The van der Waals surface area contributed by atoms with Gasteiger partial charge in [-0.1, -0.05) is 19.1 Å². The maximum Gasteiger partial charge on any atom is 0.260 e. The molecule has 1 aromatic rings. The Labute approximate surface area is 146 Å². The van der Waals surface area contributed by atoms with Gasteiger partial charge in [-0.25, -0.2) is 0 Å². The van der Waals surface area contributed by atoms with Crippen LogP contribution in [0.4, 0.5) is 0 Å². The average molecular weight is 341 g/mol. The molecule has 1 fully saturated rings. The second kappa shape index (κ2) is 10.5. The predicted molar refractivity (Wildman–Crippen MR) is 96.4 cm³/mol. The maximum atomic E-state index is 12.2. The molecule has 1 amide bonds. The van der Waals surface area contributed by atoms with Crippen molar-refractivity contribution in [1.29, 1.82) is 0 Å². The van der Waals surface area contributed by atoms with E-state index in [2.05, 4.69) is 12.2 Å². The Morgan fingerprint density at radius 1 is 1.26 bits per heavy atom. The minimum absolute atomic E-state index is 0. The highest BCUT2D eigenvalue weighted by Crippen LogP contribution is 2.20. The second-order valence-electron chi connectivity index (χ2n) is 6.00. The summed E-state index contributed by atoms with van der Waals surface area (Å²) in [7, 11) is 1.99. The third kappa shape index (κ3) is 6.40. The van der Waals surface area contributed by atoms with Crippen LogP contribution in [0.1, 0.15) is 31.7 Å². The first-order valence-corrected chi connectivity index (χ1v) is 8.37. The number of nitrogens with one attached hydrogen (secondary N) is 1. The first kappa shape index (κ1) is 19.8. The molecule has 0 spiro atoms. The van der Waals surface area contributed by atoms with Gasteiger partial charge in [0, 0.05) is 13.1 Å². The largest absolute Gasteiger partial charge is 0.484 e. The highest BCUT2D eigenvalue weighted by Gasteiger charge is 2.22. The van der Waals surface area contributed by atoms with Crippen molar-refractivity contribution in [2.45, 2.75) is 32.6 Å². The molecule has 1 aromatic carbocycles. The molecule has 1 aliphatic heterocycles. The first-order chi connectivity index (χ1) is 10.7. The number of piperidine rings is 1. The number of ether oxygens (including phenoxy) is 1. The van der Waals surface area contributed by atoms with E-state index < -0.39 is 0 Å². The number of aryl methyl sites for hydroxylation is 1. The van der Waals surface area contributed by atoms with E-state index in [1.165, 1.54) is 12.0 Å². The third-order valence-electron chi connectivity index (χ3n) is 4.46. The number of carbonyl (C=O) groups excluding carboxylic acids is 1. The number of likely N-dealkylation sites (tertiary alicyclic amines) is 1. The molecule has 4 nitrogen and oxygen atoms in total. The Morgan fingerprint density at radius 3 is 2.48 bits per heavy atom. The molecular weight excluding hydrogens is 312 g/mol. The van der Waals surface area contributed by atoms with Crippen molar-refractivity contribution >= 4 is 18.3 Å². The minimum Gasteiger partial charge on any atom is -0.484 e. The molecule has 0 aromatic heterocycles. The summed E-state index contributed by atoms with van der Waals surface area (Å²) in [5.41, 5.74) is 1.28. The van der Waals surface area contributed by atoms with Crippen LogP contribution in [0.15, 0.2) is 24.3 Å². The van der Waals surface area contributed by atoms with Gasteiger partial charge in [-0.15, -0.1) is 12.4 Å². The maximum absolute atomic E-state index is 12.2. The summed E-state index contributed by atoms with van der Waals surface area (Å²) in [5, 5.41) is 3.19. The molecule has 5 heteroatoms. The highest BCUT2D eigenvalue weighted by molar-refractivity contribution is 5.85. The van der Waals surface area contributed by atoms with E-state index in [0.717, 1.165) is 50.6 Å². The Morgan fingerprint density at radius 2 is 1.91 bits per heavy atom. The number of halogens is 1. The summed E-state index contributed by atoms with van der Waals surface area (Å²) in [6.45, 7) is 5.07. The Balaban J connectivity index is 0.00000264.